The Morgan fingerprint density at radius 3 is 2.72 bits per heavy atom. The van der Waals surface area contributed by atoms with Gasteiger partial charge in [-0.15, -0.1) is 22.7 Å². The molecule has 0 aromatic carbocycles. The Kier molecular flexibility index (Phi) is 4.84. The lowest BCUT2D eigenvalue weighted by Gasteiger charge is -2.16. The summed E-state index contributed by atoms with van der Waals surface area (Å²) in [7, 11) is 0. The normalized spacial score (nSPS) is 12.9. The highest BCUT2D eigenvalue weighted by molar-refractivity contribution is 7.16. The molecule has 0 radical (unpaired) electrons. The maximum absolute atomic E-state index is 6.20. The minimum Gasteiger partial charge on any atom is -0.305 e. The van der Waals surface area contributed by atoms with E-state index in [1.807, 2.05) is 11.3 Å². The zero-order chi connectivity index (χ0) is 13.1. The Morgan fingerprint density at radius 2 is 2.17 bits per heavy atom. The van der Waals surface area contributed by atoms with E-state index in [9.17, 15) is 0 Å². The van der Waals surface area contributed by atoms with E-state index in [4.69, 9.17) is 11.6 Å². The second-order valence-corrected chi connectivity index (χ2v) is 6.89. The lowest BCUT2D eigenvalue weighted by molar-refractivity contribution is 0.644. The predicted molar refractivity (Wildman–Crippen MR) is 83.3 cm³/mol. The Balaban J connectivity index is 2.39. The number of hydrogen-bond acceptors (Lipinski definition) is 3. The van der Waals surface area contributed by atoms with Crippen LogP contribution in [-0.4, -0.2) is 6.54 Å². The third-order valence-corrected chi connectivity index (χ3v) is 5.64. The fourth-order valence-electron chi connectivity index (χ4n) is 2.05. The van der Waals surface area contributed by atoms with Crippen molar-refractivity contribution < 1.29 is 0 Å². The van der Waals surface area contributed by atoms with Crippen LogP contribution in [0.4, 0.5) is 0 Å². The molecule has 1 N–H and O–H groups in total. The lowest BCUT2D eigenvalue weighted by atomic mass is 10.1. The molecule has 4 heteroatoms. The van der Waals surface area contributed by atoms with Crippen LogP contribution in [-0.2, 0) is 6.42 Å². The molecule has 2 aromatic rings. The standard InChI is InChI=1S/C14H18ClNS2/c1-4-10-6-7-17-13(10)12(16-5-2)11-8-9(3)14(15)18-11/h6-8,12,16H,4-5H2,1-3H3. The fourth-order valence-corrected chi connectivity index (χ4v) is 4.51. The molecule has 1 unspecified atom stereocenters. The first-order valence-corrected chi connectivity index (χ1v) is 8.30. The number of halogens is 1. The van der Waals surface area contributed by atoms with Crippen molar-refractivity contribution in [2.24, 2.45) is 0 Å². The average molecular weight is 300 g/mol. The van der Waals surface area contributed by atoms with Gasteiger partial charge in [0, 0.05) is 9.75 Å². The van der Waals surface area contributed by atoms with Crippen molar-refractivity contribution in [1.82, 2.24) is 5.32 Å². The maximum Gasteiger partial charge on any atom is 0.0961 e. The van der Waals surface area contributed by atoms with Crippen molar-refractivity contribution >= 4 is 34.3 Å². The van der Waals surface area contributed by atoms with Gasteiger partial charge in [-0.2, -0.15) is 0 Å². The Bertz CT molecular complexity index is 496. The smallest absolute Gasteiger partial charge is 0.0961 e. The SMILES string of the molecule is CCNC(c1cc(C)c(Cl)s1)c1sccc1CC. The molecule has 0 amide bonds. The van der Waals surface area contributed by atoms with E-state index in [-0.39, 0.29) is 0 Å². The zero-order valence-electron chi connectivity index (χ0n) is 10.9. The molecule has 0 aliphatic carbocycles. The van der Waals surface area contributed by atoms with E-state index in [1.165, 1.54) is 20.9 Å². The van der Waals surface area contributed by atoms with E-state index in [2.05, 4.69) is 43.6 Å². The summed E-state index contributed by atoms with van der Waals surface area (Å²) in [4.78, 5) is 2.74. The third-order valence-electron chi connectivity index (χ3n) is 2.99. The van der Waals surface area contributed by atoms with Gasteiger partial charge in [-0.1, -0.05) is 25.4 Å². The van der Waals surface area contributed by atoms with Crippen LogP contribution in [0.5, 0.6) is 0 Å². The molecule has 0 fully saturated rings. The Labute approximate surface area is 122 Å². The summed E-state index contributed by atoms with van der Waals surface area (Å²) in [6.07, 6.45) is 1.08. The summed E-state index contributed by atoms with van der Waals surface area (Å²) in [6, 6.07) is 4.73. The van der Waals surface area contributed by atoms with Gasteiger partial charge >= 0.3 is 0 Å². The van der Waals surface area contributed by atoms with Gasteiger partial charge in [0.2, 0.25) is 0 Å². The summed E-state index contributed by atoms with van der Waals surface area (Å²) < 4.78 is 0.905. The summed E-state index contributed by atoms with van der Waals surface area (Å²) in [5, 5.41) is 5.76. The van der Waals surface area contributed by atoms with E-state index in [0.29, 0.717) is 6.04 Å². The highest BCUT2D eigenvalue weighted by Gasteiger charge is 2.20. The van der Waals surface area contributed by atoms with Crippen molar-refractivity contribution in [3.8, 4) is 0 Å². The number of nitrogens with one attached hydrogen (secondary N) is 1. The topological polar surface area (TPSA) is 12.0 Å². The molecular formula is C14H18ClNS2. The average Bonchev–Trinajstić information content (AvgIpc) is 2.94. The summed E-state index contributed by atoms with van der Waals surface area (Å²) in [5.41, 5.74) is 2.61. The van der Waals surface area contributed by atoms with Gasteiger partial charge in [0.05, 0.1) is 10.4 Å². The van der Waals surface area contributed by atoms with Gasteiger partial charge in [-0.3, -0.25) is 0 Å². The molecule has 0 aliphatic rings. The van der Waals surface area contributed by atoms with Crippen LogP contribution < -0.4 is 5.32 Å². The molecule has 98 valence electrons. The largest absolute Gasteiger partial charge is 0.305 e. The van der Waals surface area contributed by atoms with Crippen LogP contribution in [0.25, 0.3) is 0 Å². The number of thiophene rings is 2. The van der Waals surface area contributed by atoms with Gasteiger partial charge in [-0.05, 0) is 48.5 Å². The van der Waals surface area contributed by atoms with Crippen LogP contribution in [0.3, 0.4) is 0 Å². The van der Waals surface area contributed by atoms with E-state index < -0.39 is 0 Å². The Morgan fingerprint density at radius 1 is 1.39 bits per heavy atom. The quantitative estimate of drug-likeness (QED) is 0.816. The van der Waals surface area contributed by atoms with E-state index >= 15 is 0 Å². The zero-order valence-corrected chi connectivity index (χ0v) is 13.3. The summed E-state index contributed by atoms with van der Waals surface area (Å²) in [6.45, 7) is 7.39. The van der Waals surface area contributed by atoms with Gasteiger partial charge < -0.3 is 5.32 Å². The van der Waals surface area contributed by atoms with Crippen molar-refractivity contribution in [2.45, 2.75) is 33.2 Å². The van der Waals surface area contributed by atoms with Crippen LogP contribution in [0.15, 0.2) is 17.5 Å². The highest BCUT2D eigenvalue weighted by atomic mass is 35.5. The molecule has 1 nitrogen and oxygen atoms in total. The maximum atomic E-state index is 6.20. The first-order chi connectivity index (χ1) is 8.67. The molecule has 0 spiro atoms. The Hall–Kier alpha value is -0.350. The monoisotopic (exact) mass is 299 g/mol. The second kappa shape index (κ2) is 6.20. The number of hydrogen-bond donors (Lipinski definition) is 1. The first kappa shape index (κ1) is 14.1. The second-order valence-electron chi connectivity index (χ2n) is 4.26. The molecule has 2 rings (SSSR count). The highest BCUT2D eigenvalue weighted by Crippen LogP contribution is 2.37. The fraction of sp³-hybridized carbons (Fsp3) is 0.429. The molecule has 0 saturated heterocycles. The van der Waals surface area contributed by atoms with Gasteiger partial charge in [0.15, 0.2) is 0 Å². The van der Waals surface area contributed by atoms with Crippen molar-refractivity contribution in [1.29, 1.82) is 0 Å². The van der Waals surface area contributed by atoms with E-state index in [0.717, 1.165) is 17.3 Å². The lowest BCUT2D eigenvalue weighted by Crippen LogP contribution is -2.21. The first-order valence-electron chi connectivity index (χ1n) is 6.22. The molecule has 0 saturated carbocycles. The molecule has 18 heavy (non-hydrogen) atoms. The van der Waals surface area contributed by atoms with Gasteiger partial charge in [0.25, 0.3) is 0 Å². The minimum atomic E-state index is 0.293. The minimum absolute atomic E-state index is 0.293. The van der Waals surface area contributed by atoms with Crippen molar-refractivity contribution in [3.63, 3.8) is 0 Å². The predicted octanol–water partition coefficient (Wildman–Crippen LogP) is 5.03. The van der Waals surface area contributed by atoms with Crippen LogP contribution in [0.1, 0.15) is 40.8 Å². The molecule has 0 bridgehead atoms. The van der Waals surface area contributed by atoms with Gasteiger partial charge in [0.1, 0.15) is 0 Å². The molecule has 0 aliphatic heterocycles. The third kappa shape index (κ3) is 2.80. The molecule has 1 atom stereocenters. The van der Waals surface area contributed by atoms with Crippen LogP contribution >= 0.6 is 34.3 Å². The molecule has 2 aromatic heterocycles. The number of aryl methyl sites for hydroxylation is 2. The summed E-state index contributed by atoms with van der Waals surface area (Å²) in [5.74, 6) is 0. The summed E-state index contributed by atoms with van der Waals surface area (Å²) >= 11 is 9.73. The van der Waals surface area contributed by atoms with Crippen LogP contribution in [0, 0.1) is 6.92 Å². The number of rotatable bonds is 5. The molecule has 2 heterocycles. The van der Waals surface area contributed by atoms with Crippen molar-refractivity contribution in [3.05, 3.63) is 42.7 Å². The van der Waals surface area contributed by atoms with Crippen LogP contribution in [0.2, 0.25) is 4.34 Å². The van der Waals surface area contributed by atoms with E-state index in [1.54, 1.807) is 11.3 Å². The molecular weight excluding hydrogens is 282 g/mol. The van der Waals surface area contributed by atoms with Gasteiger partial charge in [-0.25, -0.2) is 0 Å². The van der Waals surface area contributed by atoms with Crippen molar-refractivity contribution in [2.75, 3.05) is 6.54 Å².